The summed E-state index contributed by atoms with van der Waals surface area (Å²) < 4.78 is 10.2. The highest BCUT2D eigenvalue weighted by Crippen LogP contribution is 2.19. The van der Waals surface area contributed by atoms with Crippen molar-refractivity contribution in [2.75, 3.05) is 38.0 Å². The van der Waals surface area contributed by atoms with Gasteiger partial charge in [-0.15, -0.1) is 0 Å². The molecule has 0 atom stereocenters. The fourth-order valence-electron chi connectivity index (χ4n) is 2.49. The molecule has 0 saturated heterocycles. The molecule has 0 spiro atoms. The summed E-state index contributed by atoms with van der Waals surface area (Å²) in [4.78, 5) is 23.7. The number of benzene rings is 1. The zero-order valence-electron chi connectivity index (χ0n) is 14.7. The molecule has 2 aromatic heterocycles. The SMILES string of the molecule is COCCNc1nc(NCc2ccc(OC)cc2)nc2cc[nH]c(=O)c12. The monoisotopic (exact) mass is 355 g/mol. The summed E-state index contributed by atoms with van der Waals surface area (Å²) in [5, 5.41) is 6.75. The molecule has 1 aromatic carbocycles. The van der Waals surface area contributed by atoms with Crippen LogP contribution in [0, 0.1) is 0 Å². The van der Waals surface area contributed by atoms with Gasteiger partial charge in [-0.25, -0.2) is 4.98 Å². The van der Waals surface area contributed by atoms with Crippen molar-refractivity contribution in [1.29, 1.82) is 0 Å². The van der Waals surface area contributed by atoms with E-state index in [0.29, 0.717) is 42.4 Å². The van der Waals surface area contributed by atoms with E-state index in [2.05, 4.69) is 25.6 Å². The summed E-state index contributed by atoms with van der Waals surface area (Å²) >= 11 is 0. The molecule has 0 aliphatic heterocycles. The minimum Gasteiger partial charge on any atom is -0.497 e. The average Bonchev–Trinajstić information content (AvgIpc) is 2.67. The van der Waals surface area contributed by atoms with Gasteiger partial charge in [0.25, 0.3) is 5.56 Å². The predicted octanol–water partition coefficient (Wildman–Crippen LogP) is 2.00. The molecule has 8 nitrogen and oxygen atoms in total. The van der Waals surface area contributed by atoms with Crippen molar-refractivity contribution in [3.05, 3.63) is 52.4 Å². The van der Waals surface area contributed by atoms with Crippen LogP contribution in [0.4, 0.5) is 11.8 Å². The van der Waals surface area contributed by atoms with E-state index in [-0.39, 0.29) is 5.56 Å². The molecule has 0 fully saturated rings. The van der Waals surface area contributed by atoms with E-state index >= 15 is 0 Å². The predicted molar refractivity (Wildman–Crippen MR) is 101 cm³/mol. The van der Waals surface area contributed by atoms with E-state index < -0.39 is 0 Å². The van der Waals surface area contributed by atoms with Crippen molar-refractivity contribution >= 4 is 22.7 Å². The number of nitrogens with zero attached hydrogens (tertiary/aromatic N) is 2. The lowest BCUT2D eigenvalue weighted by molar-refractivity contribution is 0.210. The van der Waals surface area contributed by atoms with E-state index in [1.165, 1.54) is 0 Å². The standard InChI is InChI=1S/C18H21N5O3/c1-25-10-9-19-16-15-14(7-8-20-17(15)24)22-18(23-16)21-11-12-3-5-13(26-2)6-4-12/h3-8H,9-11H2,1-2H3,(H,20,24)(H2,19,21,22,23). The summed E-state index contributed by atoms with van der Waals surface area (Å²) in [6.45, 7) is 1.59. The van der Waals surface area contributed by atoms with Crippen LogP contribution in [0.2, 0.25) is 0 Å². The van der Waals surface area contributed by atoms with Crippen LogP contribution in [0.15, 0.2) is 41.3 Å². The summed E-state index contributed by atoms with van der Waals surface area (Å²) in [6.07, 6.45) is 1.57. The normalized spacial score (nSPS) is 10.7. The zero-order valence-corrected chi connectivity index (χ0v) is 14.7. The first kappa shape index (κ1) is 17.7. The Hall–Kier alpha value is -3.13. The van der Waals surface area contributed by atoms with Crippen molar-refractivity contribution in [2.45, 2.75) is 6.54 Å². The number of H-pyrrole nitrogens is 1. The van der Waals surface area contributed by atoms with E-state index in [1.807, 2.05) is 24.3 Å². The van der Waals surface area contributed by atoms with Gasteiger partial charge in [0.05, 0.1) is 19.2 Å². The summed E-state index contributed by atoms with van der Waals surface area (Å²) in [7, 11) is 3.25. The molecule has 3 aromatic rings. The first-order valence-electron chi connectivity index (χ1n) is 8.20. The van der Waals surface area contributed by atoms with Gasteiger partial charge < -0.3 is 25.1 Å². The molecule has 0 radical (unpaired) electrons. The number of hydrogen-bond donors (Lipinski definition) is 3. The highest BCUT2D eigenvalue weighted by molar-refractivity contribution is 5.89. The Bertz CT molecular complexity index is 924. The third-order valence-corrected chi connectivity index (χ3v) is 3.83. The van der Waals surface area contributed by atoms with Gasteiger partial charge in [-0.2, -0.15) is 4.98 Å². The van der Waals surface area contributed by atoms with Gasteiger partial charge in [0.1, 0.15) is 17.0 Å². The molecular weight excluding hydrogens is 334 g/mol. The van der Waals surface area contributed by atoms with Crippen LogP contribution < -0.4 is 20.9 Å². The van der Waals surface area contributed by atoms with Gasteiger partial charge in [-0.1, -0.05) is 12.1 Å². The number of aromatic amines is 1. The Morgan fingerprint density at radius 2 is 1.88 bits per heavy atom. The van der Waals surface area contributed by atoms with Gasteiger partial charge in [-0.05, 0) is 23.8 Å². The van der Waals surface area contributed by atoms with Crippen molar-refractivity contribution in [3.63, 3.8) is 0 Å². The molecule has 0 amide bonds. The van der Waals surface area contributed by atoms with Crippen LogP contribution in [0.25, 0.3) is 10.9 Å². The van der Waals surface area contributed by atoms with Crippen LogP contribution in [-0.2, 0) is 11.3 Å². The fraction of sp³-hybridized carbons (Fsp3) is 0.278. The smallest absolute Gasteiger partial charge is 0.261 e. The van der Waals surface area contributed by atoms with Crippen molar-refractivity contribution in [2.24, 2.45) is 0 Å². The molecule has 26 heavy (non-hydrogen) atoms. The maximum atomic E-state index is 12.1. The molecule has 2 heterocycles. The van der Waals surface area contributed by atoms with Crippen LogP contribution >= 0.6 is 0 Å². The second-order valence-corrected chi connectivity index (χ2v) is 5.58. The van der Waals surface area contributed by atoms with Crippen molar-refractivity contribution in [3.8, 4) is 5.75 Å². The molecule has 3 rings (SSSR count). The molecule has 3 N–H and O–H groups in total. The van der Waals surface area contributed by atoms with Crippen LogP contribution in [0.5, 0.6) is 5.75 Å². The van der Waals surface area contributed by atoms with Crippen LogP contribution in [-0.4, -0.2) is 42.3 Å². The lowest BCUT2D eigenvalue weighted by Gasteiger charge is -2.11. The number of aromatic nitrogens is 3. The molecule has 136 valence electrons. The van der Waals surface area contributed by atoms with Crippen molar-refractivity contribution in [1.82, 2.24) is 15.0 Å². The first-order valence-corrected chi connectivity index (χ1v) is 8.20. The maximum Gasteiger partial charge on any atom is 0.261 e. The Balaban J connectivity index is 1.84. The Kier molecular flexibility index (Phi) is 5.65. The third kappa shape index (κ3) is 4.09. The number of anilines is 2. The van der Waals surface area contributed by atoms with Gasteiger partial charge >= 0.3 is 0 Å². The molecule has 0 unspecified atom stereocenters. The van der Waals surface area contributed by atoms with Gasteiger partial charge in [0.15, 0.2) is 0 Å². The second kappa shape index (κ2) is 8.30. The van der Waals surface area contributed by atoms with Crippen LogP contribution in [0.3, 0.4) is 0 Å². The van der Waals surface area contributed by atoms with Crippen LogP contribution in [0.1, 0.15) is 5.56 Å². The molecule has 0 bridgehead atoms. The summed E-state index contributed by atoms with van der Waals surface area (Å²) in [5.41, 5.74) is 1.40. The minimum absolute atomic E-state index is 0.232. The number of rotatable bonds is 8. The largest absolute Gasteiger partial charge is 0.497 e. The topological polar surface area (TPSA) is 101 Å². The Labute approximate surface area is 150 Å². The van der Waals surface area contributed by atoms with Gasteiger partial charge in [-0.3, -0.25) is 4.79 Å². The van der Waals surface area contributed by atoms with Crippen molar-refractivity contribution < 1.29 is 9.47 Å². The van der Waals surface area contributed by atoms with E-state index in [1.54, 1.807) is 26.5 Å². The highest BCUT2D eigenvalue weighted by atomic mass is 16.5. The summed E-state index contributed by atoms with van der Waals surface area (Å²) in [6, 6.07) is 9.48. The number of pyridine rings is 1. The molecule has 0 aliphatic rings. The molecule has 0 saturated carbocycles. The summed E-state index contributed by atoms with van der Waals surface area (Å²) in [5.74, 6) is 1.73. The lowest BCUT2D eigenvalue weighted by atomic mass is 10.2. The van der Waals surface area contributed by atoms with E-state index in [4.69, 9.17) is 9.47 Å². The number of hydrogen-bond acceptors (Lipinski definition) is 7. The Morgan fingerprint density at radius 3 is 2.62 bits per heavy atom. The minimum atomic E-state index is -0.232. The van der Waals surface area contributed by atoms with Gasteiger partial charge in [0, 0.05) is 26.4 Å². The van der Waals surface area contributed by atoms with E-state index in [0.717, 1.165) is 11.3 Å². The lowest BCUT2D eigenvalue weighted by Crippen LogP contribution is -2.16. The number of nitrogens with one attached hydrogen (secondary N) is 3. The quantitative estimate of drug-likeness (QED) is 0.531. The van der Waals surface area contributed by atoms with E-state index in [9.17, 15) is 4.79 Å². The first-order chi connectivity index (χ1) is 12.7. The number of fused-ring (bicyclic) bond motifs is 1. The average molecular weight is 355 g/mol. The number of methoxy groups -OCH3 is 2. The molecule has 8 heteroatoms. The third-order valence-electron chi connectivity index (χ3n) is 3.83. The second-order valence-electron chi connectivity index (χ2n) is 5.58. The molecular formula is C18H21N5O3. The molecule has 0 aliphatic carbocycles. The Morgan fingerprint density at radius 1 is 1.08 bits per heavy atom. The van der Waals surface area contributed by atoms with Gasteiger partial charge in [0.2, 0.25) is 5.95 Å². The number of ether oxygens (including phenoxy) is 2. The highest BCUT2D eigenvalue weighted by Gasteiger charge is 2.11. The maximum absolute atomic E-state index is 12.1. The fourth-order valence-corrected chi connectivity index (χ4v) is 2.49. The zero-order chi connectivity index (χ0) is 18.4.